The van der Waals surface area contributed by atoms with Gasteiger partial charge in [0.25, 0.3) is 0 Å². The monoisotopic (exact) mass is 242 g/mol. The van der Waals surface area contributed by atoms with Gasteiger partial charge < -0.3 is 10.1 Å². The number of nitrogens with zero attached hydrogens (tertiary/aromatic N) is 1. The third kappa shape index (κ3) is 3.78. The van der Waals surface area contributed by atoms with Gasteiger partial charge in [0.1, 0.15) is 11.8 Å². The Morgan fingerprint density at radius 3 is 2.82 bits per heavy atom. The van der Waals surface area contributed by atoms with Crippen LogP contribution in [0.15, 0.2) is 0 Å². The summed E-state index contributed by atoms with van der Waals surface area (Å²) in [5.74, 6) is 0.174. The van der Waals surface area contributed by atoms with Gasteiger partial charge in [-0.2, -0.15) is 0 Å². The quantitative estimate of drug-likeness (QED) is 0.740. The zero-order valence-corrected chi connectivity index (χ0v) is 10.9. The molecule has 0 aromatic heterocycles. The van der Waals surface area contributed by atoms with Crippen LogP contribution in [0.5, 0.6) is 0 Å². The summed E-state index contributed by atoms with van der Waals surface area (Å²) in [5, 5.41) is 2.61. The standard InChI is InChI=1S/C12H22N2O3/c1-4-9(2)11(15)7-14-5-6-17-8-10(14)12(16)13-3/h9-10H,4-8H2,1-3H3,(H,13,16). The first-order valence-corrected chi connectivity index (χ1v) is 6.16. The zero-order chi connectivity index (χ0) is 12.8. The minimum atomic E-state index is -0.332. The fourth-order valence-corrected chi connectivity index (χ4v) is 1.82. The van der Waals surface area contributed by atoms with Crippen LogP contribution in [0.3, 0.4) is 0 Å². The molecule has 0 radical (unpaired) electrons. The second-order valence-electron chi connectivity index (χ2n) is 4.45. The third-order valence-electron chi connectivity index (χ3n) is 3.31. The summed E-state index contributed by atoms with van der Waals surface area (Å²) in [4.78, 5) is 25.5. The summed E-state index contributed by atoms with van der Waals surface area (Å²) in [7, 11) is 1.60. The average Bonchev–Trinajstić information content (AvgIpc) is 2.37. The van der Waals surface area contributed by atoms with E-state index in [0.29, 0.717) is 26.3 Å². The second-order valence-corrected chi connectivity index (χ2v) is 4.45. The number of ketones is 1. The highest BCUT2D eigenvalue weighted by Gasteiger charge is 2.30. The van der Waals surface area contributed by atoms with E-state index < -0.39 is 0 Å². The van der Waals surface area contributed by atoms with Gasteiger partial charge in [0, 0.05) is 19.5 Å². The topological polar surface area (TPSA) is 58.6 Å². The van der Waals surface area contributed by atoms with Crippen LogP contribution in [-0.4, -0.2) is 56.0 Å². The molecule has 0 aromatic rings. The minimum absolute atomic E-state index is 0.0585. The Morgan fingerprint density at radius 1 is 1.53 bits per heavy atom. The predicted octanol–water partition coefficient (Wildman–Crippen LogP) is 0.0484. The lowest BCUT2D eigenvalue weighted by Crippen LogP contribution is -2.54. The minimum Gasteiger partial charge on any atom is -0.378 e. The number of likely N-dealkylation sites (N-methyl/N-ethyl adjacent to an activating group) is 1. The molecule has 1 amide bonds. The van der Waals surface area contributed by atoms with Crippen molar-refractivity contribution >= 4 is 11.7 Å². The lowest BCUT2D eigenvalue weighted by Gasteiger charge is -2.34. The third-order valence-corrected chi connectivity index (χ3v) is 3.31. The Labute approximate surface area is 102 Å². The normalized spacial score (nSPS) is 23.1. The molecule has 5 heteroatoms. The lowest BCUT2D eigenvalue weighted by molar-refractivity contribution is -0.135. The molecule has 0 aromatic carbocycles. The molecule has 5 nitrogen and oxygen atoms in total. The van der Waals surface area contributed by atoms with E-state index in [9.17, 15) is 9.59 Å². The van der Waals surface area contributed by atoms with E-state index in [0.717, 1.165) is 6.42 Å². The number of morpholine rings is 1. The SMILES string of the molecule is CCC(C)C(=O)CN1CCOCC1C(=O)NC. The molecule has 1 aliphatic rings. The molecule has 1 N–H and O–H groups in total. The van der Waals surface area contributed by atoms with Crippen LogP contribution in [0.25, 0.3) is 0 Å². The summed E-state index contributed by atoms with van der Waals surface area (Å²) in [6.45, 7) is 5.86. The molecule has 2 atom stereocenters. The Hall–Kier alpha value is -0.940. The number of carbonyl (C=O) groups is 2. The van der Waals surface area contributed by atoms with E-state index in [1.54, 1.807) is 7.05 Å². The Bertz CT molecular complexity index is 281. The van der Waals surface area contributed by atoms with Crippen molar-refractivity contribution in [3.05, 3.63) is 0 Å². The summed E-state index contributed by atoms with van der Waals surface area (Å²) in [6.07, 6.45) is 0.841. The summed E-state index contributed by atoms with van der Waals surface area (Å²) >= 11 is 0. The molecular weight excluding hydrogens is 220 g/mol. The van der Waals surface area contributed by atoms with Crippen molar-refractivity contribution in [1.82, 2.24) is 10.2 Å². The van der Waals surface area contributed by atoms with Crippen LogP contribution in [0.4, 0.5) is 0 Å². The van der Waals surface area contributed by atoms with Crippen LogP contribution in [0.1, 0.15) is 20.3 Å². The maximum absolute atomic E-state index is 11.9. The van der Waals surface area contributed by atoms with Crippen LogP contribution >= 0.6 is 0 Å². The fourth-order valence-electron chi connectivity index (χ4n) is 1.82. The summed E-state index contributed by atoms with van der Waals surface area (Å²) in [5.41, 5.74) is 0. The first-order chi connectivity index (χ1) is 8.10. The molecule has 1 heterocycles. The van der Waals surface area contributed by atoms with Gasteiger partial charge in [-0.3, -0.25) is 14.5 Å². The summed E-state index contributed by atoms with van der Waals surface area (Å²) < 4.78 is 5.29. The Balaban J connectivity index is 2.59. The maximum Gasteiger partial charge on any atom is 0.239 e. The Kier molecular flexibility index (Phi) is 5.58. The maximum atomic E-state index is 11.9. The number of amides is 1. The van der Waals surface area contributed by atoms with Crippen LogP contribution < -0.4 is 5.32 Å². The molecule has 98 valence electrons. The van der Waals surface area contributed by atoms with E-state index in [-0.39, 0.29) is 23.7 Å². The van der Waals surface area contributed by atoms with E-state index in [2.05, 4.69) is 5.32 Å². The largest absolute Gasteiger partial charge is 0.378 e. The number of nitrogens with one attached hydrogen (secondary N) is 1. The fraction of sp³-hybridized carbons (Fsp3) is 0.833. The van der Waals surface area contributed by atoms with Gasteiger partial charge in [0.15, 0.2) is 0 Å². The number of hydrogen-bond donors (Lipinski definition) is 1. The molecule has 1 rings (SSSR count). The smallest absolute Gasteiger partial charge is 0.239 e. The van der Waals surface area contributed by atoms with Crippen LogP contribution in [-0.2, 0) is 14.3 Å². The molecule has 0 aliphatic carbocycles. The predicted molar refractivity (Wildman–Crippen MR) is 64.7 cm³/mol. The van der Waals surface area contributed by atoms with Gasteiger partial charge in [0.2, 0.25) is 5.91 Å². The van der Waals surface area contributed by atoms with Crippen LogP contribution in [0.2, 0.25) is 0 Å². The molecular formula is C12H22N2O3. The van der Waals surface area contributed by atoms with Crippen molar-refractivity contribution in [2.45, 2.75) is 26.3 Å². The molecule has 1 aliphatic heterocycles. The van der Waals surface area contributed by atoms with Crippen molar-refractivity contribution in [1.29, 1.82) is 0 Å². The van der Waals surface area contributed by atoms with Crippen LogP contribution in [0, 0.1) is 5.92 Å². The highest BCUT2D eigenvalue weighted by atomic mass is 16.5. The van der Waals surface area contributed by atoms with Gasteiger partial charge in [-0.15, -0.1) is 0 Å². The average molecular weight is 242 g/mol. The van der Waals surface area contributed by atoms with Crippen molar-refractivity contribution in [2.24, 2.45) is 5.92 Å². The highest BCUT2D eigenvalue weighted by molar-refractivity contribution is 5.85. The van der Waals surface area contributed by atoms with Crippen molar-refractivity contribution < 1.29 is 14.3 Å². The van der Waals surface area contributed by atoms with Crippen molar-refractivity contribution in [3.63, 3.8) is 0 Å². The molecule has 0 saturated carbocycles. The second kappa shape index (κ2) is 6.71. The van der Waals surface area contributed by atoms with E-state index in [4.69, 9.17) is 4.74 Å². The Morgan fingerprint density at radius 2 is 2.24 bits per heavy atom. The summed E-state index contributed by atoms with van der Waals surface area (Å²) in [6, 6.07) is -0.332. The van der Waals surface area contributed by atoms with Gasteiger partial charge in [-0.1, -0.05) is 13.8 Å². The molecule has 17 heavy (non-hydrogen) atoms. The van der Waals surface area contributed by atoms with Gasteiger partial charge in [0.05, 0.1) is 19.8 Å². The molecule has 0 spiro atoms. The van der Waals surface area contributed by atoms with Gasteiger partial charge >= 0.3 is 0 Å². The lowest BCUT2D eigenvalue weighted by atomic mass is 10.0. The van der Waals surface area contributed by atoms with Gasteiger partial charge in [-0.05, 0) is 6.42 Å². The molecule has 1 saturated heterocycles. The van der Waals surface area contributed by atoms with Crippen molar-refractivity contribution in [3.8, 4) is 0 Å². The first kappa shape index (κ1) is 14.1. The van der Waals surface area contributed by atoms with Crippen molar-refractivity contribution in [2.75, 3.05) is 33.4 Å². The first-order valence-electron chi connectivity index (χ1n) is 6.16. The number of ether oxygens (including phenoxy) is 1. The van der Waals surface area contributed by atoms with E-state index in [1.165, 1.54) is 0 Å². The molecule has 0 bridgehead atoms. The number of hydrogen-bond acceptors (Lipinski definition) is 4. The number of carbonyl (C=O) groups excluding carboxylic acids is 2. The molecule has 2 unspecified atom stereocenters. The number of rotatable bonds is 5. The molecule has 1 fully saturated rings. The zero-order valence-electron chi connectivity index (χ0n) is 10.9. The highest BCUT2D eigenvalue weighted by Crippen LogP contribution is 2.10. The van der Waals surface area contributed by atoms with E-state index >= 15 is 0 Å². The van der Waals surface area contributed by atoms with Gasteiger partial charge in [-0.25, -0.2) is 0 Å². The number of Topliss-reactive ketones (excluding diaryl/α,β-unsaturated/α-hetero) is 1. The van der Waals surface area contributed by atoms with E-state index in [1.807, 2.05) is 18.7 Å².